The summed E-state index contributed by atoms with van der Waals surface area (Å²) < 4.78 is 0. The van der Waals surface area contributed by atoms with Crippen LogP contribution in [0.5, 0.6) is 0 Å². The van der Waals surface area contributed by atoms with Crippen molar-refractivity contribution in [2.24, 2.45) is 0 Å². The Kier molecular flexibility index (Phi) is 4.81. The molecule has 1 aromatic rings. The SMILES string of the molecule is Cc1c(Cl)cnc(NC[C@H]2CN(C)CCN2C)c1C#N. The summed E-state index contributed by atoms with van der Waals surface area (Å²) in [4.78, 5) is 8.89. The van der Waals surface area contributed by atoms with Gasteiger partial charge in [0.25, 0.3) is 0 Å². The zero-order chi connectivity index (χ0) is 14.7. The van der Waals surface area contributed by atoms with Crippen molar-refractivity contribution in [3.05, 3.63) is 22.3 Å². The van der Waals surface area contributed by atoms with Crippen LogP contribution >= 0.6 is 11.6 Å². The maximum atomic E-state index is 9.25. The Morgan fingerprint density at radius 3 is 2.95 bits per heavy atom. The lowest BCUT2D eigenvalue weighted by molar-refractivity contribution is 0.122. The van der Waals surface area contributed by atoms with Crippen LogP contribution in [0.15, 0.2) is 6.20 Å². The molecule has 0 bridgehead atoms. The highest BCUT2D eigenvalue weighted by Gasteiger charge is 2.22. The van der Waals surface area contributed by atoms with Gasteiger partial charge in [-0.1, -0.05) is 11.6 Å². The number of hydrogen-bond donors (Lipinski definition) is 1. The van der Waals surface area contributed by atoms with Crippen LogP contribution in [0, 0.1) is 18.3 Å². The normalized spacial score (nSPS) is 20.6. The van der Waals surface area contributed by atoms with Crippen LogP contribution in [0.2, 0.25) is 5.02 Å². The molecule has 0 amide bonds. The second-order valence-corrected chi connectivity index (χ2v) is 5.75. The van der Waals surface area contributed by atoms with Crippen molar-refractivity contribution in [2.45, 2.75) is 13.0 Å². The van der Waals surface area contributed by atoms with Crippen molar-refractivity contribution >= 4 is 17.4 Å². The highest BCUT2D eigenvalue weighted by Crippen LogP contribution is 2.23. The Labute approximate surface area is 125 Å². The minimum Gasteiger partial charge on any atom is -0.367 e. The third kappa shape index (κ3) is 3.21. The van der Waals surface area contributed by atoms with Crippen molar-refractivity contribution in [3.63, 3.8) is 0 Å². The number of nitrogens with one attached hydrogen (secondary N) is 1. The predicted molar refractivity (Wildman–Crippen MR) is 81.1 cm³/mol. The summed E-state index contributed by atoms with van der Waals surface area (Å²) in [5, 5.41) is 13.1. The molecule has 0 saturated carbocycles. The van der Waals surface area contributed by atoms with Gasteiger partial charge in [-0.3, -0.25) is 4.90 Å². The number of halogens is 1. The number of likely N-dealkylation sites (N-methyl/N-ethyl adjacent to an activating group) is 2. The lowest BCUT2D eigenvalue weighted by Gasteiger charge is -2.37. The van der Waals surface area contributed by atoms with Crippen LogP contribution in [-0.2, 0) is 0 Å². The highest BCUT2D eigenvalue weighted by atomic mass is 35.5. The van der Waals surface area contributed by atoms with E-state index in [0.717, 1.165) is 31.7 Å². The van der Waals surface area contributed by atoms with Crippen LogP contribution in [-0.4, -0.2) is 61.1 Å². The molecule has 1 atom stereocenters. The number of anilines is 1. The minimum atomic E-state index is 0.415. The van der Waals surface area contributed by atoms with Gasteiger partial charge in [0.05, 0.1) is 10.6 Å². The van der Waals surface area contributed by atoms with Gasteiger partial charge in [-0.05, 0) is 26.6 Å². The molecular formula is C14H20ClN5. The van der Waals surface area contributed by atoms with Gasteiger partial charge in [0.15, 0.2) is 0 Å². The summed E-state index contributed by atoms with van der Waals surface area (Å²) in [6, 6.07) is 2.59. The molecule has 1 saturated heterocycles. The first-order valence-corrected chi connectivity index (χ1v) is 7.08. The number of nitriles is 1. The number of pyridine rings is 1. The molecule has 20 heavy (non-hydrogen) atoms. The Morgan fingerprint density at radius 2 is 2.25 bits per heavy atom. The summed E-state index contributed by atoms with van der Waals surface area (Å²) >= 11 is 6.00. The largest absolute Gasteiger partial charge is 0.367 e. The third-order valence-corrected chi connectivity index (χ3v) is 4.26. The summed E-state index contributed by atoms with van der Waals surface area (Å²) in [6.07, 6.45) is 1.59. The second-order valence-electron chi connectivity index (χ2n) is 5.34. The molecule has 1 N–H and O–H groups in total. The summed E-state index contributed by atoms with van der Waals surface area (Å²) in [6.45, 7) is 5.77. The molecule has 2 rings (SSSR count). The van der Waals surface area contributed by atoms with Gasteiger partial charge in [0, 0.05) is 38.4 Å². The standard InChI is InChI=1S/C14H20ClN5/c1-10-12(6-16)14(18-8-13(10)15)17-7-11-9-19(2)4-5-20(11)3/h8,11H,4-5,7,9H2,1-3H3,(H,17,18)/t11-/m0/s1. The van der Waals surface area contributed by atoms with E-state index in [1.165, 1.54) is 0 Å². The summed E-state index contributed by atoms with van der Waals surface area (Å²) in [7, 11) is 4.26. The van der Waals surface area contributed by atoms with Crippen molar-refractivity contribution in [3.8, 4) is 6.07 Å². The molecule has 1 aliphatic rings. The molecule has 0 spiro atoms. The van der Waals surface area contributed by atoms with Crippen molar-refractivity contribution in [2.75, 3.05) is 45.6 Å². The molecule has 1 aliphatic heterocycles. The van der Waals surface area contributed by atoms with E-state index in [4.69, 9.17) is 11.6 Å². The molecule has 1 aromatic heterocycles. The fourth-order valence-electron chi connectivity index (χ4n) is 2.39. The number of aromatic nitrogens is 1. The molecular weight excluding hydrogens is 274 g/mol. The van der Waals surface area contributed by atoms with Gasteiger partial charge >= 0.3 is 0 Å². The number of hydrogen-bond acceptors (Lipinski definition) is 5. The molecule has 0 unspecified atom stereocenters. The Morgan fingerprint density at radius 1 is 1.50 bits per heavy atom. The Balaban J connectivity index is 2.08. The average molecular weight is 294 g/mol. The Bertz CT molecular complexity index is 525. The summed E-state index contributed by atoms with van der Waals surface area (Å²) in [5.41, 5.74) is 1.31. The van der Waals surface area contributed by atoms with E-state index in [-0.39, 0.29) is 0 Å². The molecule has 0 radical (unpaired) electrons. The molecule has 0 aromatic carbocycles. The van der Waals surface area contributed by atoms with E-state index in [9.17, 15) is 5.26 Å². The van der Waals surface area contributed by atoms with Crippen LogP contribution in [0.4, 0.5) is 5.82 Å². The maximum absolute atomic E-state index is 9.25. The lowest BCUT2D eigenvalue weighted by Crippen LogP contribution is -2.52. The van der Waals surface area contributed by atoms with Gasteiger partial charge in [-0.15, -0.1) is 0 Å². The first kappa shape index (κ1) is 15.0. The molecule has 2 heterocycles. The molecule has 6 heteroatoms. The van der Waals surface area contributed by atoms with Crippen LogP contribution in [0.1, 0.15) is 11.1 Å². The first-order valence-electron chi connectivity index (χ1n) is 6.70. The molecule has 0 aliphatic carbocycles. The quantitative estimate of drug-likeness (QED) is 0.917. The van der Waals surface area contributed by atoms with E-state index in [1.54, 1.807) is 6.20 Å². The van der Waals surface area contributed by atoms with Gasteiger partial charge in [0.2, 0.25) is 0 Å². The number of piperazine rings is 1. The van der Waals surface area contributed by atoms with Crippen LogP contribution < -0.4 is 5.32 Å². The minimum absolute atomic E-state index is 0.415. The maximum Gasteiger partial charge on any atom is 0.144 e. The number of rotatable bonds is 3. The first-order chi connectivity index (χ1) is 9.52. The van der Waals surface area contributed by atoms with E-state index in [2.05, 4.69) is 40.3 Å². The molecule has 108 valence electrons. The summed E-state index contributed by atoms with van der Waals surface area (Å²) in [5.74, 6) is 0.621. The monoisotopic (exact) mass is 293 g/mol. The van der Waals surface area contributed by atoms with Gasteiger partial charge in [-0.25, -0.2) is 4.98 Å². The lowest BCUT2D eigenvalue weighted by atomic mass is 10.1. The molecule has 1 fully saturated rings. The number of nitrogens with zero attached hydrogens (tertiary/aromatic N) is 4. The topological polar surface area (TPSA) is 55.2 Å². The second kappa shape index (κ2) is 6.40. The zero-order valence-corrected chi connectivity index (χ0v) is 12.9. The van der Waals surface area contributed by atoms with Crippen molar-refractivity contribution in [1.82, 2.24) is 14.8 Å². The Hall–Kier alpha value is -1.35. The van der Waals surface area contributed by atoms with E-state index >= 15 is 0 Å². The van der Waals surface area contributed by atoms with Gasteiger partial charge < -0.3 is 10.2 Å². The van der Waals surface area contributed by atoms with Gasteiger partial charge in [0.1, 0.15) is 11.9 Å². The fourth-order valence-corrected chi connectivity index (χ4v) is 2.53. The highest BCUT2D eigenvalue weighted by molar-refractivity contribution is 6.31. The predicted octanol–water partition coefficient (Wildman–Crippen LogP) is 1.57. The van der Waals surface area contributed by atoms with Crippen molar-refractivity contribution in [1.29, 1.82) is 5.26 Å². The smallest absolute Gasteiger partial charge is 0.144 e. The third-order valence-electron chi connectivity index (χ3n) is 3.87. The van der Waals surface area contributed by atoms with Crippen LogP contribution in [0.3, 0.4) is 0 Å². The van der Waals surface area contributed by atoms with Crippen molar-refractivity contribution < 1.29 is 0 Å². The van der Waals surface area contributed by atoms with Crippen LogP contribution in [0.25, 0.3) is 0 Å². The van der Waals surface area contributed by atoms with Gasteiger partial charge in [-0.2, -0.15) is 5.26 Å². The van der Waals surface area contributed by atoms with E-state index in [0.29, 0.717) is 22.4 Å². The van der Waals surface area contributed by atoms with E-state index in [1.807, 2.05) is 6.92 Å². The zero-order valence-electron chi connectivity index (χ0n) is 12.1. The molecule has 5 nitrogen and oxygen atoms in total. The fraction of sp³-hybridized carbons (Fsp3) is 0.571. The average Bonchev–Trinajstić information content (AvgIpc) is 2.43. The van der Waals surface area contributed by atoms with E-state index < -0.39 is 0 Å².